The van der Waals surface area contributed by atoms with E-state index in [1.807, 2.05) is 44.2 Å². The van der Waals surface area contributed by atoms with E-state index in [9.17, 15) is 9.59 Å². The van der Waals surface area contributed by atoms with Gasteiger partial charge in [-0.2, -0.15) is 0 Å². The van der Waals surface area contributed by atoms with Crippen molar-refractivity contribution in [3.8, 4) is 11.5 Å². The van der Waals surface area contributed by atoms with Gasteiger partial charge in [0.05, 0.1) is 23.2 Å². The van der Waals surface area contributed by atoms with Gasteiger partial charge in [0.15, 0.2) is 4.77 Å². The molecule has 0 bridgehead atoms. The Labute approximate surface area is 197 Å². The molecule has 1 amide bonds. The lowest BCUT2D eigenvalue weighted by Crippen LogP contribution is -2.22. The minimum absolute atomic E-state index is 0.0675. The summed E-state index contributed by atoms with van der Waals surface area (Å²) < 4.78 is 13.6. The Morgan fingerprint density at radius 1 is 1.27 bits per heavy atom. The molecule has 1 aromatic heterocycles. The van der Waals surface area contributed by atoms with Crippen LogP contribution in [0.25, 0.3) is 10.9 Å². The second kappa shape index (κ2) is 10.2. The number of rotatable bonds is 9. The first kappa shape index (κ1) is 23.0. The van der Waals surface area contributed by atoms with E-state index >= 15 is 0 Å². The monoisotopic (exact) mass is 467 g/mol. The Balaban J connectivity index is 1.30. The number of H-pyrrole nitrogens is 1. The summed E-state index contributed by atoms with van der Waals surface area (Å²) in [6, 6.07) is 11.2. The van der Waals surface area contributed by atoms with Gasteiger partial charge in [0.25, 0.3) is 5.56 Å². The van der Waals surface area contributed by atoms with Crippen molar-refractivity contribution in [3.63, 3.8) is 0 Å². The van der Waals surface area contributed by atoms with Crippen LogP contribution in [-0.4, -0.2) is 28.2 Å². The Morgan fingerprint density at radius 3 is 2.91 bits per heavy atom. The molecule has 4 rings (SSSR count). The third-order valence-electron chi connectivity index (χ3n) is 5.75. The molecular formula is C25H29N3O4S. The van der Waals surface area contributed by atoms with Gasteiger partial charge in [0, 0.05) is 31.0 Å². The van der Waals surface area contributed by atoms with Crippen molar-refractivity contribution in [3.05, 3.63) is 57.1 Å². The third-order valence-corrected chi connectivity index (χ3v) is 6.07. The van der Waals surface area contributed by atoms with Gasteiger partial charge in [0.2, 0.25) is 5.91 Å². The summed E-state index contributed by atoms with van der Waals surface area (Å²) in [5.41, 5.74) is 2.41. The Bertz CT molecular complexity index is 1280. The molecule has 8 heteroatoms. The number of hydrogen-bond donors (Lipinski definition) is 2. The van der Waals surface area contributed by atoms with Crippen molar-refractivity contribution in [1.82, 2.24) is 9.55 Å². The van der Waals surface area contributed by atoms with Crippen molar-refractivity contribution in [1.29, 1.82) is 0 Å². The van der Waals surface area contributed by atoms with Crippen LogP contribution in [0.2, 0.25) is 0 Å². The largest absolute Gasteiger partial charge is 0.492 e. The maximum atomic E-state index is 12.7. The summed E-state index contributed by atoms with van der Waals surface area (Å²) in [7, 11) is 0. The molecule has 174 valence electrons. The third kappa shape index (κ3) is 5.27. The molecule has 3 aromatic rings. The van der Waals surface area contributed by atoms with E-state index in [0.717, 1.165) is 36.1 Å². The molecule has 33 heavy (non-hydrogen) atoms. The van der Waals surface area contributed by atoms with Gasteiger partial charge in [-0.15, -0.1) is 0 Å². The SMILES string of the molecule is CCOc1cc2c(cc1NC(=O)CCCCCn1c(=S)[nH]c3ccccc3c1=O)O[C@@H](C)C2. The van der Waals surface area contributed by atoms with Gasteiger partial charge in [0.1, 0.15) is 17.6 Å². The number of anilines is 1. The summed E-state index contributed by atoms with van der Waals surface area (Å²) in [5, 5.41) is 3.59. The highest BCUT2D eigenvalue weighted by molar-refractivity contribution is 7.71. The molecule has 1 aliphatic heterocycles. The molecule has 2 aromatic carbocycles. The van der Waals surface area contributed by atoms with Crippen LogP contribution < -0.4 is 20.3 Å². The lowest BCUT2D eigenvalue weighted by Gasteiger charge is -2.13. The quantitative estimate of drug-likeness (QED) is 0.342. The second-order valence-electron chi connectivity index (χ2n) is 8.31. The molecule has 1 atom stereocenters. The number of nitrogens with zero attached hydrogens (tertiary/aromatic N) is 1. The highest BCUT2D eigenvalue weighted by Crippen LogP contribution is 2.38. The lowest BCUT2D eigenvalue weighted by atomic mass is 10.1. The number of carbonyl (C=O) groups is 1. The van der Waals surface area contributed by atoms with Gasteiger partial charge < -0.3 is 19.8 Å². The smallest absolute Gasteiger partial charge is 0.262 e. The van der Waals surface area contributed by atoms with Crippen molar-refractivity contribution < 1.29 is 14.3 Å². The summed E-state index contributed by atoms with van der Waals surface area (Å²) >= 11 is 5.36. The van der Waals surface area contributed by atoms with Crippen molar-refractivity contribution >= 4 is 34.7 Å². The molecule has 2 N–H and O–H groups in total. The topological polar surface area (TPSA) is 85.4 Å². The average Bonchev–Trinajstić information content (AvgIpc) is 3.14. The van der Waals surface area contributed by atoms with E-state index in [4.69, 9.17) is 21.7 Å². The maximum Gasteiger partial charge on any atom is 0.262 e. The molecule has 0 fully saturated rings. The van der Waals surface area contributed by atoms with Gasteiger partial charge in [-0.1, -0.05) is 18.6 Å². The van der Waals surface area contributed by atoms with Crippen molar-refractivity contribution in [2.75, 3.05) is 11.9 Å². The number of fused-ring (bicyclic) bond motifs is 2. The molecule has 0 aliphatic carbocycles. The van der Waals surface area contributed by atoms with E-state index in [1.54, 1.807) is 10.6 Å². The zero-order valence-corrected chi connectivity index (χ0v) is 19.8. The number of aromatic nitrogens is 2. The number of unbranched alkanes of at least 4 members (excludes halogenated alkanes) is 2. The van der Waals surface area contributed by atoms with E-state index in [0.29, 0.717) is 47.6 Å². The maximum absolute atomic E-state index is 12.7. The van der Waals surface area contributed by atoms with E-state index in [1.165, 1.54) is 0 Å². The van der Waals surface area contributed by atoms with Crippen LogP contribution in [0.1, 0.15) is 45.1 Å². The highest BCUT2D eigenvalue weighted by atomic mass is 32.1. The average molecular weight is 468 g/mol. The van der Waals surface area contributed by atoms with Gasteiger partial charge in [-0.3, -0.25) is 14.2 Å². The van der Waals surface area contributed by atoms with Crippen LogP contribution in [0.3, 0.4) is 0 Å². The van der Waals surface area contributed by atoms with Crippen LogP contribution in [0.4, 0.5) is 5.69 Å². The number of para-hydroxylation sites is 1. The summed E-state index contributed by atoms with van der Waals surface area (Å²) in [6.07, 6.45) is 3.64. The summed E-state index contributed by atoms with van der Waals surface area (Å²) in [5.74, 6) is 1.41. The summed E-state index contributed by atoms with van der Waals surface area (Å²) in [4.78, 5) is 28.4. The van der Waals surface area contributed by atoms with Gasteiger partial charge >= 0.3 is 0 Å². The van der Waals surface area contributed by atoms with Crippen molar-refractivity contribution in [2.45, 2.75) is 58.6 Å². The fourth-order valence-corrected chi connectivity index (χ4v) is 4.44. The van der Waals surface area contributed by atoms with Crippen molar-refractivity contribution in [2.24, 2.45) is 0 Å². The number of aromatic amines is 1. The van der Waals surface area contributed by atoms with Crippen LogP contribution in [0.15, 0.2) is 41.2 Å². The van der Waals surface area contributed by atoms with Crippen LogP contribution in [0, 0.1) is 4.77 Å². The number of amides is 1. The number of ether oxygens (including phenoxy) is 2. The molecule has 0 spiro atoms. The van der Waals surface area contributed by atoms with Crippen LogP contribution >= 0.6 is 12.2 Å². The Hall–Kier alpha value is -3.13. The van der Waals surface area contributed by atoms with Gasteiger partial charge in [-0.25, -0.2) is 0 Å². The predicted octanol–water partition coefficient (Wildman–Crippen LogP) is 4.98. The van der Waals surface area contributed by atoms with E-state index in [-0.39, 0.29) is 17.6 Å². The highest BCUT2D eigenvalue weighted by Gasteiger charge is 2.22. The molecule has 1 aliphatic rings. The molecular weight excluding hydrogens is 438 g/mol. The fourth-order valence-electron chi connectivity index (χ4n) is 4.16. The first-order chi connectivity index (χ1) is 16.0. The Morgan fingerprint density at radius 2 is 2.09 bits per heavy atom. The minimum Gasteiger partial charge on any atom is -0.492 e. The number of benzene rings is 2. The van der Waals surface area contributed by atoms with Crippen LogP contribution in [0.5, 0.6) is 11.5 Å². The van der Waals surface area contributed by atoms with Gasteiger partial charge in [-0.05, 0) is 57.1 Å². The number of carbonyl (C=O) groups excluding carboxylic acids is 1. The van der Waals surface area contributed by atoms with Crippen LogP contribution in [-0.2, 0) is 17.8 Å². The minimum atomic E-state index is -0.0799. The zero-order chi connectivity index (χ0) is 23.4. The molecule has 0 radical (unpaired) electrons. The summed E-state index contributed by atoms with van der Waals surface area (Å²) in [6.45, 7) is 4.99. The normalized spacial score (nSPS) is 14.7. The predicted molar refractivity (Wildman–Crippen MR) is 132 cm³/mol. The zero-order valence-electron chi connectivity index (χ0n) is 19.0. The van der Waals surface area contributed by atoms with E-state index < -0.39 is 0 Å². The Kier molecular flexibility index (Phi) is 7.13. The first-order valence-corrected chi connectivity index (χ1v) is 11.8. The van der Waals surface area contributed by atoms with E-state index in [2.05, 4.69) is 10.3 Å². The molecule has 0 saturated carbocycles. The molecule has 0 saturated heterocycles. The number of nitrogens with one attached hydrogen (secondary N) is 2. The molecule has 0 unspecified atom stereocenters. The second-order valence-corrected chi connectivity index (χ2v) is 8.70. The fraction of sp³-hybridized carbons (Fsp3) is 0.400. The molecule has 7 nitrogen and oxygen atoms in total. The first-order valence-electron chi connectivity index (χ1n) is 11.4. The molecule has 2 heterocycles. The lowest BCUT2D eigenvalue weighted by molar-refractivity contribution is -0.116. The standard InChI is InChI=1S/C25H29N3O4S/c1-3-31-22-14-17-13-16(2)32-21(17)15-20(22)26-23(29)11-5-4-8-12-28-24(30)18-9-6-7-10-19(18)27-25(28)33/h6-7,9-10,14-16H,3-5,8,11-13H2,1-2H3,(H,26,29)(H,27,33)/t16-/m0/s1. The number of hydrogen-bond acceptors (Lipinski definition) is 5.